The number of methoxy groups -OCH3 is 2. The Hall–Kier alpha value is -1.91. The van der Waals surface area contributed by atoms with Crippen LogP contribution in [0.3, 0.4) is 0 Å². The van der Waals surface area contributed by atoms with Gasteiger partial charge >= 0.3 is 0 Å². The van der Waals surface area contributed by atoms with Crippen LogP contribution in [0.15, 0.2) is 36.4 Å². The Labute approximate surface area is 145 Å². The summed E-state index contributed by atoms with van der Waals surface area (Å²) >= 11 is 12.1. The van der Waals surface area contributed by atoms with Crippen molar-refractivity contribution in [3.63, 3.8) is 0 Å². The van der Waals surface area contributed by atoms with Crippen LogP contribution in [0.5, 0.6) is 11.5 Å². The minimum atomic E-state index is -0.173. The van der Waals surface area contributed by atoms with E-state index in [0.717, 1.165) is 5.56 Å². The molecule has 0 saturated carbocycles. The fourth-order valence-electron chi connectivity index (χ4n) is 2.24. The van der Waals surface area contributed by atoms with Gasteiger partial charge in [0.05, 0.1) is 19.2 Å². The molecule has 0 radical (unpaired) electrons. The summed E-state index contributed by atoms with van der Waals surface area (Å²) in [5.74, 6) is 0.649. The molecule has 0 aliphatic rings. The van der Waals surface area contributed by atoms with E-state index in [9.17, 15) is 4.79 Å². The van der Waals surface area contributed by atoms with Crippen LogP contribution in [-0.4, -0.2) is 32.1 Å². The first-order chi connectivity index (χ1) is 11.0. The van der Waals surface area contributed by atoms with E-state index in [4.69, 9.17) is 32.7 Å². The second-order valence-corrected chi connectivity index (χ2v) is 5.83. The summed E-state index contributed by atoms with van der Waals surface area (Å²) in [6, 6.07) is 10.6. The summed E-state index contributed by atoms with van der Waals surface area (Å²) < 4.78 is 10.4. The van der Waals surface area contributed by atoms with Crippen molar-refractivity contribution in [2.75, 3.05) is 21.3 Å². The molecule has 23 heavy (non-hydrogen) atoms. The minimum Gasteiger partial charge on any atom is -0.493 e. The molecule has 0 heterocycles. The van der Waals surface area contributed by atoms with Crippen molar-refractivity contribution < 1.29 is 14.3 Å². The van der Waals surface area contributed by atoms with Crippen LogP contribution in [0.4, 0.5) is 0 Å². The third-order valence-corrected chi connectivity index (χ3v) is 3.85. The van der Waals surface area contributed by atoms with Gasteiger partial charge in [0.15, 0.2) is 11.5 Å². The van der Waals surface area contributed by atoms with Crippen LogP contribution in [0.2, 0.25) is 10.0 Å². The highest BCUT2D eigenvalue weighted by Crippen LogP contribution is 2.36. The highest BCUT2D eigenvalue weighted by Gasteiger charge is 2.18. The molecule has 2 rings (SSSR count). The van der Waals surface area contributed by atoms with Crippen molar-refractivity contribution in [3.05, 3.63) is 57.6 Å². The standard InChI is InChI=1S/C17H17Cl2NO3/c1-20(10-11-5-4-6-13(18)7-11)17(21)12-8-14(19)16(23-3)15(9-12)22-2/h4-9H,10H2,1-3H3. The van der Waals surface area contributed by atoms with E-state index in [0.29, 0.717) is 33.7 Å². The predicted octanol–water partition coefficient (Wildman–Crippen LogP) is 4.28. The maximum absolute atomic E-state index is 12.6. The largest absolute Gasteiger partial charge is 0.493 e. The Bertz CT molecular complexity index is 719. The zero-order chi connectivity index (χ0) is 17.0. The number of benzene rings is 2. The average molecular weight is 354 g/mol. The van der Waals surface area contributed by atoms with Crippen LogP contribution in [0, 0.1) is 0 Å². The van der Waals surface area contributed by atoms with Crippen molar-refractivity contribution in [1.82, 2.24) is 4.90 Å². The van der Waals surface area contributed by atoms with E-state index < -0.39 is 0 Å². The maximum atomic E-state index is 12.6. The van der Waals surface area contributed by atoms with Gasteiger partial charge in [-0.2, -0.15) is 0 Å². The number of halogens is 2. The topological polar surface area (TPSA) is 38.8 Å². The molecular weight excluding hydrogens is 337 g/mol. The molecule has 0 fully saturated rings. The van der Waals surface area contributed by atoms with Gasteiger partial charge in [0.2, 0.25) is 0 Å². The number of ether oxygens (including phenoxy) is 2. The van der Waals surface area contributed by atoms with Crippen molar-refractivity contribution >= 4 is 29.1 Å². The molecule has 0 aliphatic carbocycles. The lowest BCUT2D eigenvalue weighted by molar-refractivity contribution is 0.0784. The third kappa shape index (κ3) is 4.09. The summed E-state index contributed by atoms with van der Waals surface area (Å²) in [4.78, 5) is 14.2. The fraction of sp³-hybridized carbons (Fsp3) is 0.235. The van der Waals surface area contributed by atoms with E-state index in [1.165, 1.54) is 14.2 Å². The molecular formula is C17H17Cl2NO3. The quantitative estimate of drug-likeness (QED) is 0.804. The van der Waals surface area contributed by atoms with Crippen molar-refractivity contribution in [3.8, 4) is 11.5 Å². The fourth-order valence-corrected chi connectivity index (χ4v) is 2.74. The van der Waals surface area contributed by atoms with E-state index >= 15 is 0 Å². The highest BCUT2D eigenvalue weighted by atomic mass is 35.5. The van der Waals surface area contributed by atoms with E-state index in [1.807, 2.05) is 18.2 Å². The molecule has 0 unspecified atom stereocenters. The normalized spacial score (nSPS) is 10.3. The van der Waals surface area contributed by atoms with Crippen LogP contribution >= 0.6 is 23.2 Å². The lowest BCUT2D eigenvalue weighted by Gasteiger charge is -2.19. The van der Waals surface area contributed by atoms with Crippen LogP contribution in [0.1, 0.15) is 15.9 Å². The smallest absolute Gasteiger partial charge is 0.254 e. The summed E-state index contributed by atoms with van der Waals surface area (Å²) in [7, 11) is 4.71. The van der Waals surface area contributed by atoms with Gasteiger partial charge in [0, 0.05) is 24.2 Å². The molecule has 0 N–H and O–H groups in total. The van der Waals surface area contributed by atoms with E-state index in [2.05, 4.69) is 0 Å². The third-order valence-electron chi connectivity index (χ3n) is 3.34. The van der Waals surface area contributed by atoms with Crippen molar-refractivity contribution in [1.29, 1.82) is 0 Å². The molecule has 2 aromatic rings. The Morgan fingerprint density at radius 3 is 2.48 bits per heavy atom. The van der Waals surface area contributed by atoms with Crippen molar-refractivity contribution in [2.45, 2.75) is 6.54 Å². The molecule has 122 valence electrons. The molecule has 6 heteroatoms. The van der Waals surface area contributed by atoms with Crippen LogP contribution in [0.25, 0.3) is 0 Å². The van der Waals surface area contributed by atoms with E-state index in [-0.39, 0.29) is 5.91 Å². The number of hydrogen-bond acceptors (Lipinski definition) is 3. The lowest BCUT2D eigenvalue weighted by atomic mass is 10.1. The zero-order valence-corrected chi connectivity index (χ0v) is 14.6. The van der Waals surface area contributed by atoms with Crippen molar-refractivity contribution in [2.24, 2.45) is 0 Å². The molecule has 0 bridgehead atoms. The minimum absolute atomic E-state index is 0.173. The SMILES string of the molecule is COc1cc(C(=O)N(C)Cc2cccc(Cl)c2)cc(Cl)c1OC. The number of hydrogen-bond donors (Lipinski definition) is 0. The van der Waals surface area contributed by atoms with Gasteiger partial charge in [-0.15, -0.1) is 0 Å². The molecule has 4 nitrogen and oxygen atoms in total. The van der Waals surface area contributed by atoms with Crippen LogP contribution in [-0.2, 0) is 6.54 Å². The molecule has 2 aromatic carbocycles. The lowest BCUT2D eigenvalue weighted by Crippen LogP contribution is -2.26. The maximum Gasteiger partial charge on any atom is 0.254 e. The second-order valence-electron chi connectivity index (χ2n) is 4.98. The molecule has 0 spiro atoms. The summed E-state index contributed by atoms with van der Waals surface area (Å²) in [6.45, 7) is 0.436. The van der Waals surface area contributed by atoms with E-state index in [1.54, 1.807) is 30.1 Å². The first-order valence-electron chi connectivity index (χ1n) is 6.87. The van der Waals surface area contributed by atoms with Gasteiger partial charge in [0.1, 0.15) is 0 Å². The Morgan fingerprint density at radius 1 is 1.13 bits per heavy atom. The van der Waals surface area contributed by atoms with Gasteiger partial charge < -0.3 is 14.4 Å². The number of rotatable bonds is 5. The van der Waals surface area contributed by atoms with Gasteiger partial charge in [-0.1, -0.05) is 35.3 Å². The van der Waals surface area contributed by atoms with Gasteiger partial charge in [-0.05, 0) is 29.8 Å². The Balaban J connectivity index is 2.24. The molecule has 1 amide bonds. The number of nitrogens with zero attached hydrogens (tertiary/aromatic N) is 1. The predicted molar refractivity (Wildman–Crippen MR) is 91.8 cm³/mol. The number of carbonyl (C=O) groups is 1. The highest BCUT2D eigenvalue weighted by molar-refractivity contribution is 6.32. The average Bonchev–Trinajstić information content (AvgIpc) is 2.53. The first-order valence-corrected chi connectivity index (χ1v) is 7.63. The van der Waals surface area contributed by atoms with Gasteiger partial charge in [0.25, 0.3) is 5.91 Å². The van der Waals surface area contributed by atoms with Gasteiger partial charge in [-0.3, -0.25) is 4.79 Å². The molecule has 0 atom stereocenters. The molecule has 0 aromatic heterocycles. The summed E-state index contributed by atoms with van der Waals surface area (Å²) in [5.41, 5.74) is 1.37. The summed E-state index contributed by atoms with van der Waals surface area (Å²) in [5, 5.41) is 0.962. The number of carbonyl (C=O) groups excluding carboxylic acids is 1. The van der Waals surface area contributed by atoms with Gasteiger partial charge in [-0.25, -0.2) is 0 Å². The monoisotopic (exact) mass is 353 g/mol. The Kier molecular flexibility index (Phi) is 5.74. The Morgan fingerprint density at radius 2 is 1.87 bits per heavy atom. The number of amides is 1. The zero-order valence-electron chi connectivity index (χ0n) is 13.1. The first kappa shape index (κ1) is 17.4. The molecule has 0 aliphatic heterocycles. The second kappa shape index (κ2) is 7.57. The molecule has 0 saturated heterocycles. The summed E-state index contributed by atoms with van der Waals surface area (Å²) in [6.07, 6.45) is 0. The van der Waals surface area contributed by atoms with Crippen LogP contribution < -0.4 is 9.47 Å².